The normalized spacial score (nSPS) is 22.0. The van der Waals surface area contributed by atoms with E-state index in [0.717, 1.165) is 26.9 Å². The number of sulfonamides is 1. The van der Waals surface area contributed by atoms with Gasteiger partial charge in [0, 0.05) is 25.0 Å². The Morgan fingerprint density at radius 3 is 2.83 bits per heavy atom. The smallest absolute Gasteiger partial charge is 0.253 e. The number of hydrogen-bond acceptors (Lipinski definition) is 7. The number of amides is 1. The summed E-state index contributed by atoms with van der Waals surface area (Å²) in [6, 6.07) is 2.20. The highest BCUT2D eigenvalue weighted by molar-refractivity contribution is 7.91. The molecule has 0 spiro atoms. The molecule has 0 bridgehead atoms. The second-order valence-electron chi connectivity index (χ2n) is 5.57. The summed E-state index contributed by atoms with van der Waals surface area (Å²) in [4.78, 5) is 17.2. The third kappa shape index (κ3) is 3.11. The summed E-state index contributed by atoms with van der Waals surface area (Å²) >= 11 is 2.67. The maximum absolute atomic E-state index is 12.9. The molecule has 3 rings (SSSR count). The zero-order chi connectivity index (χ0) is 17.5. The van der Waals surface area contributed by atoms with Crippen LogP contribution in [0, 0.1) is 6.92 Å². The van der Waals surface area contributed by atoms with Crippen molar-refractivity contribution in [2.24, 2.45) is 5.73 Å². The Balaban J connectivity index is 1.93. The van der Waals surface area contributed by atoms with E-state index >= 15 is 0 Å². The van der Waals surface area contributed by atoms with Crippen LogP contribution >= 0.6 is 22.7 Å². The Kier molecular flexibility index (Phi) is 4.76. The van der Waals surface area contributed by atoms with Gasteiger partial charge in [0.25, 0.3) is 10.0 Å². The van der Waals surface area contributed by atoms with Crippen molar-refractivity contribution in [1.29, 1.82) is 0 Å². The zero-order valence-corrected chi connectivity index (χ0v) is 15.7. The van der Waals surface area contributed by atoms with Crippen molar-refractivity contribution >= 4 is 38.6 Å². The average Bonchev–Trinajstić information content (AvgIpc) is 3.25. The second kappa shape index (κ2) is 6.52. The molecular formula is C14H18N4O3S3. The number of carbonyl (C=O) groups is 1. The average molecular weight is 387 g/mol. The quantitative estimate of drug-likeness (QED) is 0.816. The Hall–Kier alpha value is -1.33. The molecule has 0 aromatic carbocycles. The fourth-order valence-corrected chi connectivity index (χ4v) is 6.43. The van der Waals surface area contributed by atoms with Crippen molar-refractivity contribution in [3.63, 3.8) is 0 Å². The van der Waals surface area contributed by atoms with E-state index in [1.54, 1.807) is 12.1 Å². The predicted octanol–water partition coefficient (Wildman–Crippen LogP) is 1.02. The number of hydrogen-bond donors (Lipinski definition) is 2. The first-order valence-corrected chi connectivity index (χ1v) is 10.5. The van der Waals surface area contributed by atoms with Crippen molar-refractivity contribution in [3.05, 3.63) is 22.5 Å². The molecule has 0 unspecified atom stereocenters. The van der Waals surface area contributed by atoms with E-state index in [0.29, 0.717) is 6.42 Å². The molecule has 1 aliphatic heterocycles. The maximum Gasteiger partial charge on any atom is 0.253 e. The van der Waals surface area contributed by atoms with Crippen molar-refractivity contribution in [3.8, 4) is 10.6 Å². The van der Waals surface area contributed by atoms with E-state index in [-0.39, 0.29) is 22.7 Å². The minimum atomic E-state index is -3.77. The number of rotatable bonds is 4. The van der Waals surface area contributed by atoms with Crippen molar-refractivity contribution in [2.45, 2.75) is 29.6 Å². The van der Waals surface area contributed by atoms with Gasteiger partial charge in [-0.2, -0.15) is 4.31 Å². The molecule has 10 heteroatoms. The van der Waals surface area contributed by atoms with E-state index in [1.807, 2.05) is 12.3 Å². The third-order valence-corrected chi connectivity index (χ3v) is 8.08. The topological polar surface area (TPSA) is 105 Å². The molecule has 130 valence electrons. The summed E-state index contributed by atoms with van der Waals surface area (Å²) in [7, 11) is -2.28. The molecule has 0 radical (unpaired) electrons. The van der Waals surface area contributed by atoms with Gasteiger partial charge in [0.2, 0.25) is 5.91 Å². The van der Waals surface area contributed by atoms with Crippen LogP contribution in [-0.4, -0.2) is 49.3 Å². The second-order valence-corrected chi connectivity index (χ2v) is 9.83. The lowest BCUT2D eigenvalue weighted by molar-refractivity contribution is -0.123. The zero-order valence-electron chi connectivity index (χ0n) is 13.2. The number of thiazole rings is 1. The highest BCUT2D eigenvalue weighted by atomic mass is 32.2. The van der Waals surface area contributed by atoms with Gasteiger partial charge >= 0.3 is 0 Å². The van der Waals surface area contributed by atoms with Gasteiger partial charge < -0.3 is 11.1 Å². The van der Waals surface area contributed by atoms with Crippen LogP contribution in [0.15, 0.2) is 21.7 Å². The Labute approximate surface area is 148 Å². The van der Waals surface area contributed by atoms with Crippen molar-refractivity contribution in [2.75, 3.05) is 13.6 Å². The van der Waals surface area contributed by atoms with Gasteiger partial charge in [-0.15, -0.1) is 22.7 Å². The highest BCUT2D eigenvalue weighted by Crippen LogP contribution is 2.35. The van der Waals surface area contributed by atoms with Gasteiger partial charge in [-0.05, 0) is 25.5 Å². The minimum Gasteiger partial charge on any atom is -0.358 e. The van der Waals surface area contributed by atoms with Crippen molar-refractivity contribution < 1.29 is 13.2 Å². The number of likely N-dealkylation sites (N-methyl/N-ethyl adjacent to an activating group) is 1. The van der Waals surface area contributed by atoms with Crippen LogP contribution in [-0.2, 0) is 14.8 Å². The lowest BCUT2D eigenvalue weighted by atomic mass is 10.2. The molecular weight excluding hydrogens is 368 g/mol. The lowest BCUT2D eigenvalue weighted by Crippen LogP contribution is -2.44. The van der Waals surface area contributed by atoms with Gasteiger partial charge in [-0.1, -0.05) is 0 Å². The standard InChI is InChI=1S/C14H18N4O3S3/c1-8-17-10(7-22-8)12-3-4-13(23-12)24(20,21)18-6-9(15)5-11(18)14(19)16-2/h3-4,7,9,11H,5-6,15H2,1-2H3,(H,16,19)/t9-,11-/m0/s1. The maximum atomic E-state index is 12.9. The largest absolute Gasteiger partial charge is 0.358 e. The molecule has 2 aromatic heterocycles. The van der Waals surface area contributed by atoms with E-state index in [9.17, 15) is 13.2 Å². The van der Waals surface area contributed by atoms with E-state index < -0.39 is 16.1 Å². The third-order valence-electron chi connectivity index (χ3n) is 3.85. The molecule has 1 aliphatic rings. The summed E-state index contributed by atoms with van der Waals surface area (Å²) in [6.45, 7) is 2.04. The SMILES string of the molecule is CNC(=O)[C@@H]1C[C@H](N)CN1S(=O)(=O)c1ccc(-c2csc(C)n2)s1. The summed E-state index contributed by atoms with van der Waals surface area (Å²) < 4.78 is 27.3. The first-order valence-electron chi connectivity index (χ1n) is 7.34. The summed E-state index contributed by atoms with van der Waals surface area (Å²) in [5.74, 6) is -0.335. The molecule has 24 heavy (non-hydrogen) atoms. The number of nitrogens with one attached hydrogen (secondary N) is 1. The van der Waals surface area contributed by atoms with E-state index in [2.05, 4.69) is 10.3 Å². The number of nitrogens with zero attached hydrogens (tertiary/aromatic N) is 2. The van der Waals surface area contributed by atoms with Crippen LogP contribution in [0.3, 0.4) is 0 Å². The van der Waals surface area contributed by atoms with Gasteiger partial charge in [0.05, 0.1) is 15.6 Å². The fraction of sp³-hybridized carbons (Fsp3) is 0.429. The number of aryl methyl sites for hydroxylation is 1. The minimum absolute atomic E-state index is 0.142. The Morgan fingerprint density at radius 2 is 2.21 bits per heavy atom. The lowest BCUT2D eigenvalue weighted by Gasteiger charge is -2.21. The molecule has 2 atom stereocenters. The Bertz CT molecular complexity index is 858. The number of nitrogens with two attached hydrogens (primary N) is 1. The molecule has 3 heterocycles. The summed E-state index contributed by atoms with van der Waals surface area (Å²) in [6.07, 6.45) is 0.322. The molecule has 1 fully saturated rings. The van der Waals surface area contributed by atoms with Crippen LogP contribution in [0.2, 0.25) is 0 Å². The summed E-state index contributed by atoms with van der Waals surface area (Å²) in [5, 5.41) is 5.33. The first kappa shape index (κ1) is 17.5. The number of thiophene rings is 1. The van der Waals surface area contributed by atoms with Crippen molar-refractivity contribution in [1.82, 2.24) is 14.6 Å². The monoisotopic (exact) mass is 386 g/mol. The van der Waals surface area contributed by atoms with Crippen LogP contribution in [0.1, 0.15) is 11.4 Å². The van der Waals surface area contributed by atoms with Gasteiger partial charge in [0.1, 0.15) is 10.3 Å². The number of aromatic nitrogens is 1. The van der Waals surface area contributed by atoms with Crippen LogP contribution in [0.25, 0.3) is 10.6 Å². The Morgan fingerprint density at radius 1 is 1.46 bits per heavy atom. The molecule has 0 saturated carbocycles. The molecule has 1 amide bonds. The van der Waals surface area contributed by atoms with Gasteiger partial charge in [0.15, 0.2) is 0 Å². The van der Waals surface area contributed by atoms with E-state index in [4.69, 9.17) is 5.73 Å². The highest BCUT2D eigenvalue weighted by Gasteiger charge is 2.43. The fourth-order valence-electron chi connectivity index (χ4n) is 2.70. The van der Waals surface area contributed by atoms with E-state index in [1.165, 1.54) is 22.7 Å². The number of carbonyl (C=O) groups excluding carboxylic acids is 1. The van der Waals surface area contributed by atoms with Gasteiger partial charge in [-0.3, -0.25) is 4.79 Å². The predicted molar refractivity (Wildman–Crippen MR) is 94.5 cm³/mol. The molecule has 0 aliphatic carbocycles. The molecule has 2 aromatic rings. The molecule has 3 N–H and O–H groups in total. The first-order chi connectivity index (χ1) is 11.3. The van der Waals surface area contributed by atoms with Crippen LogP contribution < -0.4 is 11.1 Å². The van der Waals surface area contributed by atoms with Crippen LogP contribution in [0.4, 0.5) is 0 Å². The molecule has 7 nitrogen and oxygen atoms in total. The molecule has 1 saturated heterocycles. The van der Waals surface area contributed by atoms with Crippen LogP contribution in [0.5, 0.6) is 0 Å². The summed E-state index contributed by atoms with van der Waals surface area (Å²) in [5.41, 5.74) is 6.66. The van der Waals surface area contributed by atoms with Gasteiger partial charge in [-0.25, -0.2) is 13.4 Å².